The van der Waals surface area contributed by atoms with Crippen molar-refractivity contribution in [1.82, 2.24) is 24.8 Å². The lowest BCUT2D eigenvalue weighted by atomic mass is 9.95. The Morgan fingerprint density at radius 1 is 1.20 bits per heavy atom. The lowest BCUT2D eigenvalue weighted by Gasteiger charge is -2.20. The Labute approximate surface area is 115 Å². The molecule has 0 amide bonds. The molecule has 0 aromatic carbocycles. The van der Waals surface area contributed by atoms with Crippen molar-refractivity contribution >= 4 is 11.6 Å². The summed E-state index contributed by atoms with van der Waals surface area (Å²) in [5.74, 6) is 0.211. The maximum atomic E-state index is 10.2. The van der Waals surface area contributed by atoms with E-state index in [-0.39, 0.29) is 5.95 Å². The first-order valence-corrected chi connectivity index (χ1v) is 6.13. The van der Waals surface area contributed by atoms with Crippen LogP contribution in [0.15, 0.2) is 30.5 Å². The predicted octanol–water partition coefficient (Wildman–Crippen LogP) is 0.996. The second-order valence-electron chi connectivity index (χ2n) is 5.01. The maximum absolute atomic E-state index is 10.2. The van der Waals surface area contributed by atoms with Crippen LogP contribution >= 0.6 is 0 Å². The second-order valence-corrected chi connectivity index (χ2v) is 5.01. The van der Waals surface area contributed by atoms with Gasteiger partial charge >= 0.3 is 0 Å². The Morgan fingerprint density at radius 2 is 2.00 bits per heavy atom. The largest absolute Gasteiger partial charge is 0.386 e. The van der Waals surface area contributed by atoms with Gasteiger partial charge in [-0.05, 0) is 32.0 Å². The molecule has 0 fully saturated rings. The summed E-state index contributed by atoms with van der Waals surface area (Å²) < 4.78 is 1.44. The van der Waals surface area contributed by atoms with Gasteiger partial charge in [0.15, 0.2) is 5.65 Å². The van der Waals surface area contributed by atoms with E-state index in [1.54, 1.807) is 38.2 Å². The second kappa shape index (κ2) is 4.24. The molecule has 0 aliphatic rings. The quantitative estimate of drug-likeness (QED) is 0.720. The smallest absolute Gasteiger partial charge is 0.243 e. The molecule has 20 heavy (non-hydrogen) atoms. The third-order valence-corrected chi connectivity index (χ3v) is 3.00. The van der Waals surface area contributed by atoms with Gasteiger partial charge in [0.1, 0.15) is 5.69 Å². The lowest BCUT2D eigenvalue weighted by molar-refractivity contribution is 0.0788. The number of aromatic nitrogens is 5. The van der Waals surface area contributed by atoms with Crippen molar-refractivity contribution in [3.05, 3.63) is 36.0 Å². The molecule has 7 nitrogen and oxygen atoms in total. The minimum Gasteiger partial charge on any atom is -0.386 e. The normalized spacial score (nSPS) is 11.9. The van der Waals surface area contributed by atoms with Crippen LogP contribution in [0.1, 0.15) is 19.4 Å². The van der Waals surface area contributed by atoms with Crippen LogP contribution in [0.3, 0.4) is 0 Å². The molecule has 102 valence electrons. The zero-order chi connectivity index (χ0) is 14.3. The average Bonchev–Trinajstić information content (AvgIpc) is 2.79. The molecule has 3 N–H and O–H groups in total. The van der Waals surface area contributed by atoms with Gasteiger partial charge in [0.05, 0.1) is 11.3 Å². The van der Waals surface area contributed by atoms with Crippen LogP contribution in [-0.4, -0.2) is 29.9 Å². The third-order valence-electron chi connectivity index (χ3n) is 3.00. The van der Waals surface area contributed by atoms with E-state index in [0.717, 1.165) is 0 Å². The van der Waals surface area contributed by atoms with Gasteiger partial charge in [-0.15, -0.1) is 10.2 Å². The number of nitrogens with two attached hydrogens (primary N) is 1. The molecule has 0 spiro atoms. The molecule has 0 aliphatic heterocycles. The highest BCUT2D eigenvalue weighted by atomic mass is 16.3. The zero-order valence-electron chi connectivity index (χ0n) is 11.1. The lowest BCUT2D eigenvalue weighted by Crippen LogP contribution is -2.17. The molecular formula is C13H14N6O. The summed E-state index contributed by atoms with van der Waals surface area (Å²) in [6.45, 7) is 3.42. The van der Waals surface area contributed by atoms with Gasteiger partial charge in [0.25, 0.3) is 0 Å². The summed E-state index contributed by atoms with van der Waals surface area (Å²) in [6.07, 6.45) is 1.66. The van der Waals surface area contributed by atoms with Crippen LogP contribution in [0.4, 0.5) is 5.95 Å². The Bertz CT molecular complexity index is 774. The minimum absolute atomic E-state index is 0.211. The van der Waals surface area contributed by atoms with Gasteiger partial charge in [0.2, 0.25) is 5.95 Å². The molecule has 0 unspecified atom stereocenters. The molecule has 0 radical (unpaired) electrons. The highest BCUT2D eigenvalue weighted by molar-refractivity contribution is 5.61. The SMILES string of the molecule is CC(C)(O)c1cccnc1-c1ccc2nnc(N)n2n1. The molecule has 3 aromatic heterocycles. The number of fused-ring (bicyclic) bond motifs is 1. The number of pyridine rings is 1. The standard InChI is InChI=1S/C13H14N6O/c1-13(2,20)8-4-3-7-15-11(8)9-5-6-10-16-17-12(14)19(10)18-9/h3-7,20H,1-2H3,(H2,14,17). The summed E-state index contributed by atoms with van der Waals surface area (Å²) in [5.41, 5.74) is 7.15. The summed E-state index contributed by atoms with van der Waals surface area (Å²) in [6, 6.07) is 7.14. The molecule has 0 bridgehead atoms. The van der Waals surface area contributed by atoms with Crippen molar-refractivity contribution in [3.8, 4) is 11.4 Å². The molecule has 7 heteroatoms. The van der Waals surface area contributed by atoms with Crippen molar-refractivity contribution in [3.63, 3.8) is 0 Å². The minimum atomic E-state index is -1.01. The fourth-order valence-electron chi connectivity index (χ4n) is 2.03. The number of aliphatic hydroxyl groups is 1. The number of anilines is 1. The van der Waals surface area contributed by atoms with Crippen molar-refractivity contribution in [2.75, 3.05) is 5.73 Å². The van der Waals surface area contributed by atoms with E-state index in [9.17, 15) is 5.11 Å². The number of hydrogen-bond donors (Lipinski definition) is 2. The predicted molar refractivity (Wildman–Crippen MR) is 73.7 cm³/mol. The van der Waals surface area contributed by atoms with Crippen molar-refractivity contribution in [2.45, 2.75) is 19.4 Å². The fourth-order valence-corrected chi connectivity index (χ4v) is 2.03. The van der Waals surface area contributed by atoms with E-state index in [0.29, 0.717) is 22.6 Å². The van der Waals surface area contributed by atoms with Gasteiger partial charge in [-0.2, -0.15) is 9.61 Å². The van der Waals surface area contributed by atoms with E-state index in [2.05, 4.69) is 20.3 Å². The molecule has 0 aliphatic carbocycles. The van der Waals surface area contributed by atoms with E-state index >= 15 is 0 Å². The Kier molecular flexibility index (Phi) is 2.65. The van der Waals surface area contributed by atoms with Crippen LogP contribution in [-0.2, 0) is 5.60 Å². The highest BCUT2D eigenvalue weighted by Gasteiger charge is 2.22. The molecule has 0 saturated carbocycles. The molecule has 3 rings (SSSR count). The first kappa shape index (κ1) is 12.5. The number of hydrogen-bond acceptors (Lipinski definition) is 6. The summed E-state index contributed by atoms with van der Waals surface area (Å²) in [7, 11) is 0. The van der Waals surface area contributed by atoms with E-state index in [4.69, 9.17) is 5.73 Å². The van der Waals surface area contributed by atoms with E-state index in [1.807, 2.05) is 6.07 Å². The number of rotatable bonds is 2. The molecule has 0 saturated heterocycles. The zero-order valence-corrected chi connectivity index (χ0v) is 11.1. The van der Waals surface area contributed by atoms with Crippen LogP contribution in [0.5, 0.6) is 0 Å². The average molecular weight is 270 g/mol. The Morgan fingerprint density at radius 3 is 2.75 bits per heavy atom. The highest BCUT2D eigenvalue weighted by Crippen LogP contribution is 2.28. The van der Waals surface area contributed by atoms with E-state index in [1.165, 1.54) is 4.52 Å². The number of nitrogens with zero attached hydrogens (tertiary/aromatic N) is 5. The van der Waals surface area contributed by atoms with Gasteiger partial charge in [-0.25, -0.2) is 0 Å². The monoisotopic (exact) mass is 270 g/mol. The van der Waals surface area contributed by atoms with E-state index < -0.39 is 5.60 Å². The fraction of sp³-hybridized carbons (Fsp3) is 0.231. The third kappa shape index (κ3) is 1.97. The van der Waals surface area contributed by atoms with Crippen LogP contribution in [0.25, 0.3) is 17.0 Å². The van der Waals surface area contributed by atoms with Gasteiger partial charge < -0.3 is 10.8 Å². The molecular weight excluding hydrogens is 256 g/mol. The summed E-state index contributed by atoms with van der Waals surface area (Å²) >= 11 is 0. The van der Waals surface area contributed by atoms with Crippen molar-refractivity contribution in [2.24, 2.45) is 0 Å². The molecule has 3 heterocycles. The van der Waals surface area contributed by atoms with Crippen LogP contribution in [0.2, 0.25) is 0 Å². The van der Waals surface area contributed by atoms with Gasteiger partial charge in [-0.1, -0.05) is 6.07 Å². The van der Waals surface area contributed by atoms with Crippen molar-refractivity contribution in [1.29, 1.82) is 0 Å². The number of nitrogen functional groups attached to an aromatic ring is 1. The summed E-state index contributed by atoms with van der Waals surface area (Å²) in [4.78, 5) is 4.32. The maximum Gasteiger partial charge on any atom is 0.243 e. The topological polar surface area (TPSA) is 102 Å². The van der Waals surface area contributed by atoms with Crippen LogP contribution in [0, 0.1) is 0 Å². The Hall–Kier alpha value is -2.54. The van der Waals surface area contributed by atoms with Crippen molar-refractivity contribution < 1.29 is 5.11 Å². The molecule has 0 atom stereocenters. The first-order chi connectivity index (χ1) is 9.47. The van der Waals surface area contributed by atoms with Crippen LogP contribution < -0.4 is 5.73 Å². The Balaban J connectivity index is 2.23. The first-order valence-electron chi connectivity index (χ1n) is 6.13. The molecule has 3 aromatic rings. The van der Waals surface area contributed by atoms with Gasteiger partial charge in [-0.3, -0.25) is 4.98 Å². The van der Waals surface area contributed by atoms with Gasteiger partial charge in [0, 0.05) is 11.8 Å². The summed E-state index contributed by atoms with van der Waals surface area (Å²) in [5, 5.41) is 22.2.